The fraction of sp³-hybridized carbons (Fsp3) is 1.00. The smallest absolute Gasteiger partial charge is 0.0466 e. The molecule has 2 heteroatoms. The summed E-state index contributed by atoms with van der Waals surface area (Å²) in [5.41, 5.74) is 0. The second-order valence-corrected chi connectivity index (χ2v) is 2.78. The van der Waals surface area contributed by atoms with E-state index >= 15 is 0 Å². The van der Waals surface area contributed by atoms with Crippen LogP contribution in [0.15, 0.2) is 0 Å². The van der Waals surface area contributed by atoms with Crippen molar-refractivity contribution in [2.24, 2.45) is 0 Å². The van der Waals surface area contributed by atoms with E-state index in [4.69, 9.17) is 4.74 Å². The van der Waals surface area contributed by atoms with Crippen molar-refractivity contribution in [1.29, 1.82) is 0 Å². The van der Waals surface area contributed by atoms with Crippen LogP contribution in [0.2, 0.25) is 0 Å². The molecular weight excluding hydrogens is 126 g/mol. The van der Waals surface area contributed by atoms with E-state index in [-0.39, 0.29) is 1.43 Å². The molecule has 0 radical (unpaired) electrons. The summed E-state index contributed by atoms with van der Waals surface area (Å²) in [6, 6.07) is 0. The molecule has 0 saturated carbocycles. The molecule has 10 heavy (non-hydrogen) atoms. The molecule has 0 amide bonds. The summed E-state index contributed by atoms with van der Waals surface area (Å²) in [5.74, 6) is 0. The highest BCUT2D eigenvalue weighted by atomic mass is 16.5. The van der Waals surface area contributed by atoms with Crippen molar-refractivity contribution >= 4 is 0 Å². The molecule has 0 unspecified atom stereocenters. The van der Waals surface area contributed by atoms with E-state index in [9.17, 15) is 0 Å². The monoisotopic (exact) mass is 145 g/mol. The SMILES string of the molecule is C1CCNC1.C1CCOC1.[HH]. The minimum Gasteiger partial charge on any atom is -0.381 e. The van der Waals surface area contributed by atoms with Gasteiger partial charge in [0.05, 0.1) is 0 Å². The van der Waals surface area contributed by atoms with E-state index < -0.39 is 0 Å². The lowest BCUT2D eigenvalue weighted by atomic mass is 10.4. The van der Waals surface area contributed by atoms with Crippen LogP contribution in [0.1, 0.15) is 27.1 Å². The summed E-state index contributed by atoms with van der Waals surface area (Å²) in [6.07, 6.45) is 5.33. The number of hydrogen-bond donors (Lipinski definition) is 1. The van der Waals surface area contributed by atoms with E-state index in [1.807, 2.05) is 0 Å². The molecule has 2 aliphatic rings. The number of rotatable bonds is 0. The van der Waals surface area contributed by atoms with Crippen LogP contribution in [-0.2, 0) is 4.74 Å². The Kier molecular flexibility index (Phi) is 4.56. The Bertz CT molecular complexity index is 47.3. The molecule has 0 atom stereocenters. The molecule has 2 saturated heterocycles. The van der Waals surface area contributed by atoms with Gasteiger partial charge in [0, 0.05) is 14.6 Å². The van der Waals surface area contributed by atoms with Gasteiger partial charge in [-0.05, 0) is 38.8 Å². The van der Waals surface area contributed by atoms with Gasteiger partial charge in [0.15, 0.2) is 0 Å². The topological polar surface area (TPSA) is 21.3 Å². The lowest BCUT2D eigenvalue weighted by Gasteiger charge is -1.76. The molecule has 2 aliphatic heterocycles. The van der Waals surface area contributed by atoms with E-state index in [0.717, 1.165) is 13.2 Å². The summed E-state index contributed by atoms with van der Waals surface area (Å²) < 4.78 is 4.94. The Labute approximate surface area is 64.4 Å². The van der Waals surface area contributed by atoms with E-state index in [2.05, 4.69) is 5.32 Å². The van der Waals surface area contributed by atoms with Crippen LogP contribution in [0.3, 0.4) is 0 Å². The predicted molar refractivity (Wildman–Crippen MR) is 44.3 cm³/mol. The van der Waals surface area contributed by atoms with Crippen LogP contribution in [0.25, 0.3) is 0 Å². The van der Waals surface area contributed by atoms with Gasteiger partial charge in [-0.3, -0.25) is 0 Å². The maximum atomic E-state index is 4.94. The molecule has 0 bridgehead atoms. The lowest BCUT2D eigenvalue weighted by molar-refractivity contribution is 0.198. The number of hydrogen-bond acceptors (Lipinski definition) is 2. The van der Waals surface area contributed by atoms with Crippen molar-refractivity contribution in [3.05, 3.63) is 0 Å². The van der Waals surface area contributed by atoms with Gasteiger partial charge in [-0.2, -0.15) is 0 Å². The van der Waals surface area contributed by atoms with Gasteiger partial charge in [0.1, 0.15) is 0 Å². The molecule has 1 N–H and O–H groups in total. The standard InChI is InChI=1S/C4H9N.C4H8O.H2/c2*1-2-4-5-3-1;/h5H,1-4H2;1-4H2;1H. The van der Waals surface area contributed by atoms with Crippen molar-refractivity contribution < 1.29 is 6.16 Å². The molecule has 0 aromatic rings. The van der Waals surface area contributed by atoms with Gasteiger partial charge >= 0.3 is 0 Å². The summed E-state index contributed by atoms with van der Waals surface area (Å²) >= 11 is 0. The third-order valence-corrected chi connectivity index (χ3v) is 1.78. The fourth-order valence-corrected chi connectivity index (χ4v) is 1.14. The minimum atomic E-state index is 0. The molecule has 2 nitrogen and oxygen atoms in total. The molecule has 2 rings (SSSR count). The highest BCUT2D eigenvalue weighted by Crippen LogP contribution is 1.98. The van der Waals surface area contributed by atoms with Crippen molar-refractivity contribution in [3.8, 4) is 0 Å². The average Bonchev–Trinajstić information content (AvgIpc) is 2.67. The maximum absolute atomic E-state index is 4.94. The summed E-state index contributed by atoms with van der Waals surface area (Å²) in [6.45, 7) is 4.50. The first kappa shape index (κ1) is 8.02. The summed E-state index contributed by atoms with van der Waals surface area (Å²) in [4.78, 5) is 0. The van der Waals surface area contributed by atoms with Crippen molar-refractivity contribution in [3.63, 3.8) is 0 Å². The van der Waals surface area contributed by atoms with E-state index in [1.165, 1.54) is 38.8 Å². The van der Waals surface area contributed by atoms with E-state index in [1.54, 1.807) is 0 Å². The van der Waals surface area contributed by atoms with Crippen LogP contribution in [0.4, 0.5) is 0 Å². The van der Waals surface area contributed by atoms with Crippen LogP contribution in [-0.4, -0.2) is 26.3 Å². The van der Waals surface area contributed by atoms with Crippen molar-refractivity contribution in [2.75, 3.05) is 26.3 Å². The second kappa shape index (κ2) is 5.69. The molecule has 0 aromatic carbocycles. The molecule has 0 aliphatic carbocycles. The first-order chi connectivity index (χ1) is 5.00. The normalized spacial score (nSPS) is 24.0. The Hall–Kier alpha value is -0.0800. The van der Waals surface area contributed by atoms with Crippen molar-refractivity contribution in [2.45, 2.75) is 25.7 Å². The van der Waals surface area contributed by atoms with Crippen LogP contribution in [0, 0.1) is 0 Å². The molecule has 0 spiro atoms. The zero-order valence-electron chi connectivity index (χ0n) is 6.57. The second-order valence-electron chi connectivity index (χ2n) is 2.78. The molecule has 2 heterocycles. The van der Waals surface area contributed by atoms with E-state index in [0.29, 0.717) is 0 Å². The van der Waals surface area contributed by atoms with Crippen LogP contribution >= 0.6 is 0 Å². The van der Waals surface area contributed by atoms with Gasteiger partial charge in [0.2, 0.25) is 0 Å². The predicted octanol–water partition coefficient (Wildman–Crippen LogP) is 1.41. The molecule has 0 aromatic heterocycles. The lowest BCUT2D eigenvalue weighted by Crippen LogP contribution is -2.03. The first-order valence-electron chi connectivity index (χ1n) is 4.28. The Morgan fingerprint density at radius 2 is 1.50 bits per heavy atom. The fourth-order valence-electron chi connectivity index (χ4n) is 1.14. The molecular formula is C8H19NO. The molecule has 62 valence electrons. The molecule has 2 fully saturated rings. The highest BCUT2D eigenvalue weighted by Gasteiger charge is 1.94. The van der Waals surface area contributed by atoms with Gasteiger partial charge < -0.3 is 10.1 Å². The summed E-state index contributed by atoms with van der Waals surface area (Å²) in [7, 11) is 0. The van der Waals surface area contributed by atoms with Gasteiger partial charge in [-0.25, -0.2) is 0 Å². The number of nitrogens with one attached hydrogen (secondary N) is 1. The Morgan fingerprint density at radius 1 is 0.900 bits per heavy atom. The number of ether oxygens (including phenoxy) is 1. The quantitative estimate of drug-likeness (QED) is 0.556. The first-order valence-corrected chi connectivity index (χ1v) is 4.28. The third kappa shape index (κ3) is 3.85. The van der Waals surface area contributed by atoms with Gasteiger partial charge in [-0.1, -0.05) is 0 Å². The maximum Gasteiger partial charge on any atom is 0.0466 e. The average molecular weight is 145 g/mol. The minimum absolute atomic E-state index is 0. The van der Waals surface area contributed by atoms with Gasteiger partial charge in [0.25, 0.3) is 0 Å². The Morgan fingerprint density at radius 3 is 1.70 bits per heavy atom. The van der Waals surface area contributed by atoms with Crippen LogP contribution < -0.4 is 5.32 Å². The zero-order valence-corrected chi connectivity index (χ0v) is 6.57. The largest absolute Gasteiger partial charge is 0.381 e. The zero-order chi connectivity index (χ0) is 7.07. The third-order valence-electron chi connectivity index (χ3n) is 1.78. The van der Waals surface area contributed by atoms with Crippen LogP contribution in [0.5, 0.6) is 0 Å². The van der Waals surface area contributed by atoms with Crippen molar-refractivity contribution in [1.82, 2.24) is 5.32 Å². The highest BCUT2D eigenvalue weighted by molar-refractivity contribution is 4.55. The Balaban J connectivity index is 0.000000167. The summed E-state index contributed by atoms with van der Waals surface area (Å²) in [5, 5.41) is 3.22. The van der Waals surface area contributed by atoms with Gasteiger partial charge in [-0.15, -0.1) is 0 Å².